The molecular formula is C27H25FN4OS. The van der Waals surface area contributed by atoms with Gasteiger partial charge < -0.3 is 5.32 Å². The normalized spacial score (nSPS) is 14.1. The van der Waals surface area contributed by atoms with Crippen LogP contribution in [0.4, 0.5) is 4.39 Å². The number of thioether (sulfide) groups is 1. The summed E-state index contributed by atoms with van der Waals surface area (Å²) in [5, 5.41) is 12.2. The number of benzene rings is 3. The highest BCUT2D eigenvalue weighted by Crippen LogP contribution is 2.41. The first-order valence-corrected chi connectivity index (χ1v) is 12.4. The fraction of sp³-hybridized carbons (Fsp3) is 0.222. The Morgan fingerprint density at radius 2 is 1.68 bits per heavy atom. The van der Waals surface area contributed by atoms with Gasteiger partial charge in [-0.25, -0.2) is 4.39 Å². The van der Waals surface area contributed by atoms with E-state index in [1.807, 2.05) is 41.8 Å². The number of aromatic nitrogens is 3. The maximum absolute atomic E-state index is 14.3. The molecular weight excluding hydrogens is 447 g/mol. The van der Waals surface area contributed by atoms with Gasteiger partial charge in [0.2, 0.25) is 5.91 Å². The second-order valence-corrected chi connectivity index (χ2v) is 9.40. The molecule has 5 rings (SSSR count). The molecule has 5 nitrogen and oxygen atoms in total. The molecule has 1 fully saturated rings. The molecule has 172 valence electrons. The van der Waals surface area contributed by atoms with E-state index in [-0.39, 0.29) is 29.6 Å². The Morgan fingerprint density at radius 1 is 1.00 bits per heavy atom. The lowest BCUT2D eigenvalue weighted by Crippen LogP contribution is -2.28. The molecule has 1 aliphatic carbocycles. The van der Waals surface area contributed by atoms with E-state index in [4.69, 9.17) is 0 Å². The molecule has 1 heterocycles. The van der Waals surface area contributed by atoms with Gasteiger partial charge >= 0.3 is 0 Å². The maximum atomic E-state index is 14.3. The van der Waals surface area contributed by atoms with Crippen molar-refractivity contribution in [2.24, 2.45) is 0 Å². The quantitative estimate of drug-likeness (QED) is 0.317. The van der Waals surface area contributed by atoms with Gasteiger partial charge in [-0.15, -0.1) is 10.2 Å². The van der Waals surface area contributed by atoms with Crippen molar-refractivity contribution in [3.63, 3.8) is 0 Å². The van der Waals surface area contributed by atoms with E-state index in [9.17, 15) is 9.18 Å². The van der Waals surface area contributed by atoms with E-state index in [0.29, 0.717) is 16.5 Å². The number of hydrogen-bond acceptors (Lipinski definition) is 4. The van der Waals surface area contributed by atoms with Crippen LogP contribution in [0.1, 0.15) is 37.4 Å². The maximum Gasteiger partial charge on any atom is 0.230 e. The Bertz CT molecular complexity index is 1290. The zero-order valence-corrected chi connectivity index (χ0v) is 19.6. The molecule has 1 amide bonds. The van der Waals surface area contributed by atoms with Gasteiger partial charge in [-0.1, -0.05) is 78.5 Å². The zero-order valence-electron chi connectivity index (χ0n) is 18.8. The summed E-state index contributed by atoms with van der Waals surface area (Å²) >= 11 is 1.34. The van der Waals surface area contributed by atoms with E-state index >= 15 is 0 Å². The summed E-state index contributed by atoms with van der Waals surface area (Å²) in [5.74, 6) is 0.338. The highest BCUT2D eigenvalue weighted by Gasteiger charge is 2.31. The Balaban J connectivity index is 1.22. The van der Waals surface area contributed by atoms with Crippen LogP contribution >= 0.6 is 11.8 Å². The molecule has 0 spiro atoms. The fourth-order valence-electron chi connectivity index (χ4n) is 3.95. The third-order valence-electron chi connectivity index (χ3n) is 5.92. The van der Waals surface area contributed by atoms with Crippen LogP contribution in [0.15, 0.2) is 84.0 Å². The minimum Gasteiger partial charge on any atom is -0.349 e. The minimum absolute atomic E-state index is 0.0811. The Hall–Kier alpha value is -3.45. The molecule has 0 saturated heterocycles. The van der Waals surface area contributed by atoms with Crippen molar-refractivity contribution in [2.45, 2.75) is 37.0 Å². The monoisotopic (exact) mass is 472 g/mol. The van der Waals surface area contributed by atoms with Crippen LogP contribution in [0, 0.1) is 5.82 Å². The summed E-state index contributed by atoms with van der Waals surface area (Å²) in [5.41, 5.74) is 3.78. The first-order chi connectivity index (χ1) is 16.6. The second kappa shape index (κ2) is 9.81. The molecule has 1 N–H and O–H groups in total. The van der Waals surface area contributed by atoms with Gasteiger partial charge in [0.15, 0.2) is 11.0 Å². The van der Waals surface area contributed by atoms with Crippen LogP contribution in [0.25, 0.3) is 22.5 Å². The minimum atomic E-state index is -0.321. The lowest BCUT2D eigenvalue weighted by atomic mass is 10.0. The predicted molar refractivity (Wildman–Crippen MR) is 133 cm³/mol. The van der Waals surface area contributed by atoms with Gasteiger partial charge in [0.1, 0.15) is 5.82 Å². The number of rotatable bonds is 8. The van der Waals surface area contributed by atoms with Gasteiger partial charge in [0.05, 0.1) is 17.4 Å². The van der Waals surface area contributed by atoms with E-state index in [1.165, 1.54) is 17.8 Å². The van der Waals surface area contributed by atoms with Gasteiger partial charge in [-0.2, -0.15) is 0 Å². The van der Waals surface area contributed by atoms with Crippen molar-refractivity contribution in [1.29, 1.82) is 0 Å². The molecule has 0 aliphatic heterocycles. The van der Waals surface area contributed by atoms with Crippen molar-refractivity contribution in [3.8, 4) is 22.5 Å². The van der Waals surface area contributed by atoms with E-state index in [2.05, 4.69) is 39.8 Å². The molecule has 7 heteroatoms. The second-order valence-electron chi connectivity index (χ2n) is 8.45. The van der Waals surface area contributed by atoms with Crippen LogP contribution in [-0.4, -0.2) is 26.4 Å². The van der Waals surface area contributed by atoms with Gasteiger partial charge in [0, 0.05) is 6.04 Å². The fourth-order valence-corrected chi connectivity index (χ4v) is 4.77. The molecule has 4 aromatic rings. The van der Waals surface area contributed by atoms with Crippen LogP contribution in [0.3, 0.4) is 0 Å². The Morgan fingerprint density at radius 3 is 2.38 bits per heavy atom. The van der Waals surface area contributed by atoms with Crippen molar-refractivity contribution < 1.29 is 9.18 Å². The third kappa shape index (κ3) is 4.89. The molecule has 0 radical (unpaired) electrons. The number of nitrogens with one attached hydrogen (secondary N) is 1. The lowest BCUT2D eigenvalue weighted by Gasteiger charge is -2.15. The molecule has 1 saturated carbocycles. The van der Waals surface area contributed by atoms with Crippen LogP contribution in [-0.2, 0) is 4.79 Å². The summed E-state index contributed by atoms with van der Waals surface area (Å²) in [6.07, 6.45) is 2.02. The molecule has 3 aromatic carbocycles. The number of halogens is 1. The van der Waals surface area contributed by atoms with Crippen molar-refractivity contribution in [2.75, 3.05) is 5.75 Å². The summed E-state index contributed by atoms with van der Waals surface area (Å²) < 4.78 is 16.3. The van der Waals surface area contributed by atoms with E-state index in [0.717, 1.165) is 29.5 Å². The van der Waals surface area contributed by atoms with Crippen molar-refractivity contribution in [1.82, 2.24) is 20.1 Å². The number of carbonyl (C=O) groups excluding carboxylic acids is 1. The van der Waals surface area contributed by atoms with Gasteiger partial charge in [-0.05, 0) is 48.6 Å². The molecule has 0 bridgehead atoms. The molecule has 34 heavy (non-hydrogen) atoms. The average Bonchev–Trinajstić information content (AvgIpc) is 3.62. The third-order valence-corrected chi connectivity index (χ3v) is 6.86. The number of nitrogens with zero attached hydrogens (tertiary/aromatic N) is 3. The first-order valence-electron chi connectivity index (χ1n) is 11.4. The van der Waals surface area contributed by atoms with Crippen LogP contribution in [0.5, 0.6) is 0 Å². The summed E-state index contributed by atoms with van der Waals surface area (Å²) in [6.45, 7) is 1.98. The largest absolute Gasteiger partial charge is 0.349 e. The smallest absolute Gasteiger partial charge is 0.230 e. The number of carbonyl (C=O) groups is 1. The van der Waals surface area contributed by atoms with Crippen molar-refractivity contribution >= 4 is 17.7 Å². The molecule has 1 atom stereocenters. The lowest BCUT2D eigenvalue weighted by molar-refractivity contribution is -0.119. The summed E-state index contributed by atoms with van der Waals surface area (Å²) in [7, 11) is 0. The predicted octanol–water partition coefficient (Wildman–Crippen LogP) is 6.06. The summed E-state index contributed by atoms with van der Waals surface area (Å²) in [4.78, 5) is 12.7. The SMILES string of the molecule is CC(NC(=O)CSc1nnc(-c2ccccc2F)n1C1CC1)c1ccc(-c2ccccc2)cc1. The highest BCUT2D eigenvalue weighted by atomic mass is 32.2. The van der Waals surface area contributed by atoms with Crippen molar-refractivity contribution in [3.05, 3.63) is 90.2 Å². The molecule has 1 unspecified atom stereocenters. The van der Waals surface area contributed by atoms with Gasteiger partial charge in [-0.3, -0.25) is 9.36 Å². The Kier molecular flexibility index (Phi) is 6.45. The van der Waals surface area contributed by atoms with E-state index in [1.54, 1.807) is 18.2 Å². The average molecular weight is 473 g/mol. The molecule has 1 aromatic heterocycles. The standard InChI is InChI=1S/C27H25FN4OS/c1-18(19-11-13-21(14-12-19)20-7-3-2-4-8-20)29-25(33)17-34-27-31-30-26(32(27)22-15-16-22)23-9-5-6-10-24(23)28/h2-14,18,22H,15-17H2,1H3,(H,29,33). The van der Waals surface area contributed by atoms with E-state index < -0.39 is 0 Å². The zero-order chi connectivity index (χ0) is 23.5. The highest BCUT2D eigenvalue weighted by molar-refractivity contribution is 7.99. The topological polar surface area (TPSA) is 59.8 Å². The number of amides is 1. The molecule has 1 aliphatic rings. The van der Waals surface area contributed by atoms with Crippen LogP contribution < -0.4 is 5.32 Å². The Labute approximate surface area is 202 Å². The van der Waals surface area contributed by atoms with Crippen LogP contribution in [0.2, 0.25) is 0 Å². The first kappa shape index (κ1) is 22.3. The van der Waals surface area contributed by atoms with Gasteiger partial charge in [0.25, 0.3) is 0 Å². The summed E-state index contributed by atoms with van der Waals surface area (Å²) in [6, 6.07) is 25.2. The number of hydrogen-bond donors (Lipinski definition) is 1.